The molecule has 110 valence electrons. The summed E-state index contributed by atoms with van der Waals surface area (Å²) in [6.07, 6.45) is 0. The average molecular weight is 368 g/mol. The van der Waals surface area contributed by atoms with Gasteiger partial charge in [0.05, 0.1) is 5.56 Å². The van der Waals surface area contributed by atoms with Gasteiger partial charge < -0.3 is 10.6 Å². The third-order valence-corrected chi connectivity index (χ3v) is 4.67. The highest BCUT2D eigenvalue weighted by Gasteiger charge is 2.17. The van der Waals surface area contributed by atoms with Gasteiger partial charge in [-0.15, -0.1) is 0 Å². The lowest BCUT2D eigenvalue weighted by Gasteiger charge is -2.19. The van der Waals surface area contributed by atoms with Crippen LogP contribution in [0.4, 0.5) is 5.69 Å². The van der Waals surface area contributed by atoms with E-state index in [9.17, 15) is 4.79 Å². The predicted octanol–water partition coefficient (Wildman–Crippen LogP) is 4.27. The predicted molar refractivity (Wildman–Crippen MR) is 90.5 cm³/mol. The van der Waals surface area contributed by atoms with E-state index in [1.165, 1.54) is 0 Å². The number of hydrogen-bond donors (Lipinski definition) is 1. The van der Waals surface area contributed by atoms with Crippen LogP contribution in [-0.4, -0.2) is 17.9 Å². The van der Waals surface area contributed by atoms with Crippen LogP contribution >= 0.6 is 27.5 Å². The summed E-state index contributed by atoms with van der Waals surface area (Å²) in [4.78, 5) is 14.2. The van der Waals surface area contributed by atoms with E-state index in [1.54, 1.807) is 36.2 Å². The van der Waals surface area contributed by atoms with Crippen LogP contribution in [0.25, 0.3) is 0 Å². The van der Waals surface area contributed by atoms with Crippen molar-refractivity contribution in [2.45, 2.75) is 13.5 Å². The van der Waals surface area contributed by atoms with Gasteiger partial charge in [0.15, 0.2) is 0 Å². The van der Waals surface area contributed by atoms with Gasteiger partial charge in [0.1, 0.15) is 0 Å². The van der Waals surface area contributed by atoms with E-state index >= 15 is 0 Å². The third kappa shape index (κ3) is 3.57. The summed E-state index contributed by atoms with van der Waals surface area (Å²) >= 11 is 9.61. The van der Waals surface area contributed by atoms with Crippen molar-refractivity contribution in [2.75, 3.05) is 12.8 Å². The Morgan fingerprint density at radius 2 is 2.05 bits per heavy atom. The Kier molecular flexibility index (Phi) is 4.91. The van der Waals surface area contributed by atoms with Crippen molar-refractivity contribution in [3.05, 3.63) is 62.6 Å². The smallest absolute Gasteiger partial charge is 0.255 e. The SMILES string of the molecule is Cc1cccc(C(=O)N(C)Cc2cc(N)ccc2Cl)c1Br. The van der Waals surface area contributed by atoms with Gasteiger partial charge in [-0.1, -0.05) is 23.7 Å². The molecule has 0 aromatic heterocycles. The zero-order valence-corrected chi connectivity index (χ0v) is 14.2. The van der Waals surface area contributed by atoms with E-state index in [-0.39, 0.29) is 5.91 Å². The van der Waals surface area contributed by atoms with Crippen LogP contribution < -0.4 is 5.73 Å². The van der Waals surface area contributed by atoms with E-state index in [0.717, 1.165) is 15.6 Å². The van der Waals surface area contributed by atoms with E-state index in [4.69, 9.17) is 17.3 Å². The fraction of sp³-hybridized carbons (Fsp3) is 0.188. The Hall–Kier alpha value is -1.52. The maximum atomic E-state index is 12.5. The molecule has 2 aromatic carbocycles. The first-order valence-electron chi connectivity index (χ1n) is 6.44. The monoisotopic (exact) mass is 366 g/mol. The summed E-state index contributed by atoms with van der Waals surface area (Å²) in [7, 11) is 1.75. The molecule has 3 nitrogen and oxygen atoms in total. The number of halogens is 2. The second-order valence-electron chi connectivity index (χ2n) is 4.95. The van der Waals surface area contributed by atoms with Crippen molar-refractivity contribution in [3.8, 4) is 0 Å². The molecule has 0 saturated carbocycles. The van der Waals surface area contributed by atoms with Crippen LogP contribution in [0.2, 0.25) is 5.02 Å². The normalized spacial score (nSPS) is 10.5. The van der Waals surface area contributed by atoms with Crippen molar-refractivity contribution in [2.24, 2.45) is 0 Å². The second kappa shape index (κ2) is 6.50. The minimum absolute atomic E-state index is 0.0657. The molecule has 0 atom stereocenters. The van der Waals surface area contributed by atoms with E-state index in [1.807, 2.05) is 19.1 Å². The van der Waals surface area contributed by atoms with Crippen molar-refractivity contribution in [1.29, 1.82) is 0 Å². The highest BCUT2D eigenvalue weighted by atomic mass is 79.9. The maximum Gasteiger partial charge on any atom is 0.255 e. The van der Waals surface area contributed by atoms with Gasteiger partial charge in [-0.2, -0.15) is 0 Å². The molecule has 0 aliphatic carbocycles. The number of amides is 1. The molecule has 0 spiro atoms. The van der Waals surface area contributed by atoms with Crippen molar-refractivity contribution < 1.29 is 4.79 Å². The first-order valence-corrected chi connectivity index (χ1v) is 7.61. The molecule has 0 saturated heterocycles. The average Bonchev–Trinajstić information content (AvgIpc) is 2.45. The largest absolute Gasteiger partial charge is 0.399 e. The van der Waals surface area contributed by atoms with Crippen LogP contribution in [0.3, 0.4) is 0 Å². The first kappa shape index (κ1) is 15.9. The number of benzene rings is 2. The molecule has 0 bridgehead atoms. The number of nitrogens with two attached hydrogens (primary N) is 1. The van der Waals surface area contributed by atoms with Gasteiger partial charge in [0, 0.05) is 28.8 Å². The molecule has 5 heteroatoms. The molecule has 0 radical (unpaired) electrons. The number of anilines is 1. The number of nitrogens with zero attached hydrogens (tertiary/aromatic N) is 1. The van der Waals surface area contributed by atoms with Gasteiger partial charge in [-0.05, 0) is 58.2 Å². The number of nitrogen functional groups attached to an aromatic ring is 1. The highest BCUT2D eigenvalue weighted by Crippen LogP contribution is 2.24. The van der Waals surface area contributed by atoms with Crippen molar-refractivity contribution in [1.82, 2.24) is 4.90 Å². The molecular formula is C16H16BrClN2O. The summed E-state index contributed by atoms with van der Waals surface area (Å²) in [5.74, 6) is -0.0657. The molecule has 0 fully saturated rings. The quantitative estimate of drug-likeness (QED) is 0.824. The van der Waals surface area contributed by atoms with Gasteiger partial charge in [0.2, 0.25) is 0 Å². The molecule has 21 heavy (non-hydrogen) atoms. The zero-order valence-electron chi connectivity index (χ0n) is 11.9. The van der Waals surface area contributed by atoms with E-state index < -0.39 is 0 Å². The Bertz CT molecular complexity index is 688. The van der Waals surface area contributed by atoms with Crippen molar-refractivity contribution in [3.63, 3.8) is 0 Å². The first-order chi connectivity index (χ1) is 9.90. The van der Waals surface area contributed by atoms with Gasteiger partial charge >= 0.3 is 0 Å². The molecular weight excluding hydrogens is 352 g/mol. The van der Waals surface area contributed by atoms with Crippen LogP contribution in [0.1, 0.15) is 21.5 Å². The van der Waals surface area contributed by atoms with Gasteiger partial charge in [-0.3, -0.25) is 4.79 Å². The number of carbonyl (C=O) groups excluding carboxylic acids is 1. The fourth-order valence-electron chi connectivity index (χ4n) is 2.06. The lowest BCUT2D eigenvalue weighted by atomic mass is 10.1. The molecule has 0 unspecified atom stereocenters. The van der Waals surface area contributed by atoms with Crippen molar-refractivity contribution >= 4 is 39.1 Å². The molecule has 2 N–H and O–H groups in total. The zero-order chi connectivity index (χ0) is 15.6. The van der Waals surface area contributed by atoms with E-state index in [0.29, 0.717) is 22.8 Å². The van der Waals surface area contributed by atoms with Crippen LogP contribution in [0, 0.1) is 6.92 Å². The minimum Gasteiger partial charge on any atom is -0.399 e. The molecule has 1 amide bonds. The van der Waals surface area contributed by atoms with Gasteiger partial charge in [-0.25, -0.2) is 0 Å². The lowest BCUT2D eigenvalue weighted by Crippen LogP contribution is -2.26. The Balaban J connectivity index is 2.24. The highest BCUT2D eigenvalue weighted by molar-refractivity contribution is 9.10. The molecule has 2 aromatic rings. The van der Waals surface area contributed by atoms with Gasteiger partial charge in [0.25, 0.3) is 5.91 Å². The van der Waals surface area contributed by atoms with Crippen LogP contribution in [0.5, 0.6) is 0 Å². The molecule has 2 rings (SSSR count). The maximum absolute atomic E-state index is 12.5. The second-order valence-corrected chi connectivity index (χ2v) is 6.15. The minimum atomic E-state index is -0.0657. The topological polar surface area (TPSA) is 46.3 Å². The third-order valence-electron chi connectivity index (χ3n) is 3.25. The Morgan fingerprint density at radius 3 is 2.76 bits per heavy atom. The van der Waals surface area contributed by atoms with Crippen LogP contribution in [-0.2, 0) is 6.54 Å². The number of hydrogen-bond acceptors (Lipinski definition) is 2. The molecule has 0 aliphatic rings. The summed E-state index contributed by atoms with van der Waals surface area (Å²) < 4.78 is 0.820. The fourth-order valence-corrected chi connectivity index (χ4v) is 2.67. The molecule has 0 heterocycles. The number of carbonyl (C=O) groups is 1. The summed E-state index contributed by atoms with van der Waals surface area (Å²) in [5.41, 5.74) is 8.89. The summed E-state index contributed by atoms with van der Waals surface area (Å²) in [5, 5.41) is 0.604. The Labute approximate surface area is 137 Å². The summed E-state index contributed by atoms with van der Waals surface area (Å²) in [6.45, 7) is 2.36. The van der Waals surface area contributed by atoms with E-state index in [2.05, 4.69) is 15.9 Å². The Morgan fingerprint density at radius 1 is 1.33 bits per heavy atom. The summed E-state index contributed by atoms with van der Waals surface area (Å²) in [6, 6.07) is 10.9. The number of rotatable bonds is 3. The molecule has 0 aliphatic heterocycles. The van der Waals surface area contributed by atoms with Crippen LogP contribution in [0.15, 0.2) is 40.9 Å². The lowest BCUT2D eigenvalue weighted by molar-refractivity contribution is 0.0784. The number of aryl methyl sites for hydroxylation is 1. The standard InChI is InChI=1S/C16H16BrClN2O/c1-10-4-3-5-13(15(10)17)16(21)20(2)9-11-8-12(19)6-7-14(11)18/h3-8H,9,19H2,1-2H3.